The lowest BCUT2D eigenvalue weighted by Crippen LogP contribution is -2.15. The molecule has 80 valence electrons. The Balaban J connectivity index is 2.03. The smallest absolute Gasteiger partial charge is 0.151 e. The Labute approximate surface area is 97.9 Å². The predicted octanol–water partition coefficient (Wildman–Crippen LogP) is 3.13. The summed E-state index contributed by atoms with van der Waals surface area (Å²) in [6, 6.07) is 8.53. The quantitative estimate of drug-likeness (QED) is 0.832. The zero-order chi connectivity index (χ0) is 10.7. The molecule has 0 saturated carbocycles. The maximum atomic E-state index is 5.70. The third-order valence-corrected chi connectivity index (χ3v) is 4.29. The average Bonchev–Trinajstić information content (AvgIpc) is 2.59. The van der Waals surface area contributed by atoms with Crippen LogP contribution < -0.4 is 5.73 Å². The molecule has 2 nitrogen and oxygen atoms in total. The van der Waals surface area contributed by atoms with E-state index in [4.69, 9.17) is 5.73 Å². The van der Waals surface area contributed by atoms with Gasteiger partial charge < -0.3 is 5.73 Å². The van der Waals surface area contributed by atoms with E-state index in [2.05, 4.69) is 23.2 Å². The Morgan fingerprint density at radius 2 is 2.27 bits per heavy atom. The van der Waals surface area contributed by atoms with Crippen LogP contribution in [0.3, 0.4) is 0 Å². The van der Waals surface area contributed by atoms with Crippen LogP contribution in [0.2, 0.25) is 0 Å². The number of hydrogen-bond donors (Lipinski definition) is 1. The molecule has 2 aromatic rings. The Kier molecular flexibility index (Phi) is 3.61. The Bertz CT molecular complexity index is 404. The van der Waals surface area contributed by atoms with Crippen LogP contribution in [0.5, 0.6) is 0 Å². The fourth-order valence-corrected chi connectivity index (χ4v) is 3.52. The van der Waals surface area contributed by atoms with Gasteiger partial charge in [0.05, 0.1) is 10.2 Å². The first-order valence-corrected chi connectivity index (χ1v) is 6.80. The Morgan fingerprint density at radius 3 is 3.00 bits per heavy atom. The van der Waals surface area contributed by atoms with Gasteiger partial charge in [-0.05, 0) is 25.5 Å². The van der Waals surface area contributed by atoms with Gasteiger partial charge in [-0.2, -0.15) is 0 Å². The summed E-state index contributed by atoms with van der Waals surface area (Å²) in [5.41, 5.74) is 6.80. The normalized spacial score (nSPS) is 13.2. The molecule has 0 amide bonds. The van der Waals surface area contributed by atoms with Gasteiger partial charge in [0, 0.05) is 11.8 Å². The van der Waals surface area contributed by atoms with Gasteiger partial charge in [-0.1, -0.05) is 23.9 Å². The van der Waals surface area contributed by atoms with Crippen LogP contribution >= 0.6 is 23.1 Å². The second-order valence-corrected chi connectivity index (χ2v) is 5.93. The molecule has 0 fully saturated rings. The SMILES string of the molecule is CC(N)CCSc1nc2ccccc2s1. The third-order valence-electron chi connectivity index (χ3n) is 2.07. The standard InChI is InChI=1S/C11H14N2S2/c1-8(12)6-7-14-11-13-9-4-2-3-5-10(9)15-11/h2-5,8H,6-7,12H2,1H3. The van der Waals surface area contributed by atoms with Crippen LogP contribution in [0.4, 0.5) is 0 Å². The van der Waals surface area contributed by atoms with E-state index in [1.807, 2.05) is 13.0 Å². The molecule has 1 aromatic carbocycles. The molecule has 4 heteroatoms. The van der Waals surface area contributed by atoms with Crippen molar-refractivity contribution in [3.8, 4) is 0 Å². The summed E-state index contributed by atoms with van der Waals surface area (Å²) in [5, 5.41) is 0. The minimum atomic E-state index is 0.284. The molecule has 0 radical (unpaired) electrons. The maximum absolute atomic E-state index is 5.70. The van der Waals surface area contributed by atoms with Crippen LogP contribution in [0, 0.1) is 0 Å². The van der Waals surface area contributed by atoms with Crippen molar-refractivity contribution >= 4 is 33.3 Å². The number of nitrogens with zero attached hydrogens (tertiary/aromatic N) is 1. The second kappa shape index (κ2) is 4.96. The molecule has 0 aliphatic rings. The van der Waals surface area contributed by atoms with Gasteiger partial charge in [-0.3, -0.25) is 0 Å². The molecule has 0 aliphatic heterocycles. The van der Waals surface area contributed by atoms with Gasteiger partial charge in [0.25, 0.3) is 0 Å². The van der Waals surface area contributed by atoms with E-state index < -0.39 is 0 Å². The van der Waals surface area contributed by atoms with E-state index in [-0.39, 0.29) is 6.04 Å². The number of nitrogens with two attached hydrogens (primary N) is 1. The fourth-order valence-electron chi connectivity index (χ4n) is 1.24. The topological polar surface area (TPSA) is 38.9 Å². The van der Waals surface area contributed by atoms with E-state index in [9.17, 15) is 0 Å². The lowest BCUT2D eigenvalue weighted by Gasteiger charge is -2.01. The minimum absolute atomic E-state index is 0.284. The van der Waals surface area contributed by atoms with Crippen molar-refractivity contribution in [2.75, 3.05) is 5.75 Å². The van der Waals surface area contributed by atoms with Crippen molar-refractivity contribution in [3.05, 3.63) is 24.3 Å². The number of thiazole rings is 1. The first-order valence-electron chi connectivity index (χ1n) is 4.99. The highest BCUT2D eigenvalue weighted by molar-refractivity contribution is 8.01. The molecule has 15 heavy (non-hydrogen) atoms. The van der Waals surface area contributed by atoms with Crippen molar-refractivity contribution in [2.45, 2.75) is 23.7 Å². The summed E-state index contributed by atoms with van der Waals surface area (Å²) in [7, 11) is 0. The molecule has 1 aromatic heterocycles. The van der Waals surface area contributed by atoms with Crippen LogP contribution in [0.1, 0.15) is 13.3 Å². The zero-order valence-corrected chi connectivity index (χ0v) is 10.3. The van der Waals surface area contributed by atoms with Gasteiger partial charge in [0.1, 0.15) is 0 Å². The number of para-hydroxylation sites is 1. The third kappa shape index (κ3) is 2.93. The average molecular weight is 238 g/mol. The molecule has 1 unspecified atom stereocenters. The van der Waals surface area contributed by atoms with E-state index in [0.29, 0.717) is 0 Å². The van der Waals surface area contributed by atoms with E-state index in [0.717, 1.165) is 22.0 Å². The number of thioether (sulfide) groups is 1. The molecule has 1 heterocycles. The molecule has 2 N–H and O–H groups in total. The van der Waals surface area contributed by atoms with Crippen molar-refractivity contribution in [2.24, 2.45) is 5.73 Å². The van der Waals surface area contributed by atoms with Crippen molar-refractivity contribution < 1.29 is 0 Å². The van der Waals surface area contributed by atoms with E-state index >= 15 is 0 Å². The molecule has 2 rings (SSSR count). The monoisotopic (exact) mass is 238 g/mol. The van der Waals surface area contributed by atoms with Crippen LogP contribution in [-0.2, 0) is 0 Å². The maximum Gasteiger partial charge on any atom is 0.151 e. The highest BCUT2D eigenvalue weighted by atomic mass is 32.2. The first-order chi connectivity index (χ1) is 7.25. The summed E-state index contributed by atoms with van der Waals surface area (Å²) in [4.78, 5) is 4.55. The lowest BCUT2D eigenvalue weighted by molar-refractivity contribution is 0.721. The van der Waals surface area contributed by atoms with Gasteiger partial charge in [-0.25, -0.2) is 4.98 Å². The summed E-state index contributed by atoms with van der Waals surface area (Å²) in [5.74, 6) is 1.05. The highest BCUT2D eigenvalue weighted by Gasteiger charge is 2.03. The summed E-state index contributed by atoms with van der Waals surface area (Å²) in [6.07, 6.45) is 1.04. The number of benzene rings is 1. The number of rotatable bonds is 4. The summed E-state index contributed by atoms with van der Waals surface area (Å²) < 4.78 is 2.41. The van der Waals surface area contributed by atoms with Gasteiger partial charge in [-0.15, -0.1) is 11.3 Å². The van der Waals surface area contributed by atoms with Crippen LogP contribution in [-0.4, -0.2) is 16.8 Å². The second-order valence-electron chi connectivity index (χ2n) is 3.56. The Morgan fingerprint density at radius 1 is 1.47 bits per heavy atom. The largest absolute Gasteiger partial charge is 0.328 e. The molecular formula is C11H14N2S2. The zero-order valence-electron chi connectivity index (χ0n) is 8.64. The lowest BCUT2D eigenvalue weighted by atomic mass is 10.3. The fraction of sp³-hybridized carbons (Fsp3) is 0.364. The molecular weight excluding hydrogens is 224 g/mol. The van der Waals surface area contributed by atoms with Crippen molar-refractivity contribution in [1.82, 2.24) is 4.98 Å². The molecule has 0 bridgehead atoms. The molecule has 0 saturated heterocycles. The first kappa shape index (κ1) is 10.9. The van der Waals surface area contributed by atoms with Crippen LogP contribution in [0.25, 0.3) is 10.2 Å². The van der Waals surface area contributed by atoms with Gasteiger partial charge in [0.2, 0.25) is 0 Å². The van der Waals surface area contributed by atoms with Gasteiger partial charge >= 0.3 is 0 Å². The highest BCUT2D eigenvalue weighted by Crippen LogP contribution is 2.29. The summed E-state index contributed by atoms with van der Waals surface area (Å²) >= 11 is 3.56. The van der Waals surface area contributed by atoms with Crippen molar-refractivity contribution in [3.63, 3.8) is 0 Å². The van der Waals surface area contributed by atoms with Crippen molar-refractivity contribution in [1.29, 1.82) is 0 Å². The molecule has 1 atom stereocenters. The minimum Gasteiger partial charge on any atom is -0.328 e. The molecule has 0 spiro atoms. The molecule has 0 aliphatic carbocycles. The Hall–Kier alpha value is -0.580. The predicted molar refractivity (Wildman–Crippen MR) is 68.6 cm³/mol. The number of fused-ring (bicyclic) bond motifs is 1. The van der Waals surface area contributed by atoms with Gasteiger partial charge in [0.15, 0.2) is 4.34 Å². The summed E-state index contributed by atoms with van der Waals surface area (Å²) in [6.45, 7) is 2.04. The number of hydrogen-bond acceptors (Lipinski definition) is 4. The van der Waals surface area contributed by atoms with E-state index in [1.165, 1.54) is 4.70 Å². The van der Waals surface area contributed by atoms with Crippen LogP contribution in [0.15, 0.2) is 28.6 Å². The number of aromatic nitrogens is 1. The van der Waals surface area contributed by atoms with E-state index in [1.54, 1.807) is 23.1 Å².